The highest BCUT2D eigenvalue weighted by atomic mass is 35.5. The second-order valence-corrected chi connectivity index (χ2v) is 6.62. The third-order valence-electron chi connectivity index (χ3n) is 4.02. The number of hydrogen-bond donors (Lipinski definition) is 3. The highest BCUT2D eigenvalue weighted by Crippen LogP contribution is 2.28. The Kier molecular flexibility index (Phi) is 5.87. The molecule has 0 unspecified atom stereocenters. The molecule has 0 saturated heterocycles. The van der Waals surface area contributed by atoms with Crippen molar-refractivity contribution in [3.8, 4) is 11.5 Å². The van der Waals surface area contributed by atoms with Gasteiger partial charge in [-0.1, -0.05) is 23.2 Å². The Bertz CT molecular complexity index is 1020. The van der Waals surface area contributed by atoms with Crippen molar-refractivity contribution in [3.05, 3.63) is 69.6 Å². The molecule has 0 saturated carbocycles. The normalized spacial score (nSPS) is 10.5. The van der Waals surface area contributed by atoms with E-state index in [4.69, 9.17) is 49.6 Å². The summed E-state index contributed by atoms with van der Waals surface area (Å²) in [7, 11) is 1.49. The lowest BCUT2D eigenvalue weighted by molar-refractivity contribution is 0.306. The van der Waals surface area contributed by atoms with Gasteiger partial charge in [-0.2, -0.15) is 0 Å². The lowest BCUT2D eigenvalue weighted by Gasteiger charge is -2.13. The van der Waals surface area contributed by atoms with Crippen molar-refractivity contribution in [2.45, 2.75) is 6.61 Å². The molecule has 2 heterocycles. The average Bonchev–Trinajstić information content (AvgIpc) is 2.68. The molecule has 0 radical (unpaired) electrons. The SMILES string of the molecule is COc1cc(C(=N)c2cc(OCc3c(Cl)cncc3Cl)ccc2N)cnc1N. The van der Waals surface area contributed by atoms with E-state index in [1.807, 2.05) is 0 Å². The number of pyridine rings is 2. The Hall–Kier alpha value is -3.03. The zero-order valence-corrected chi connectivity index (χ0v) is 16.4. The van der Waals surface area contributed by atoms with Gasteiger partial charge in [0.2, 0.25) is 0 Å². The van der Waals surface area contributed by atoms with Crippen molar-refractivity contribution in [1.29, 1.82) is 5.41 Å². The van der Waals surface area contributed by atoms with E-state index >= 15 is 0 Å². The summed E-state index contributed by atoms with van der Waals surface area (Å²) in [5.41, 5.74) is 14.0. The number of nitrogen functional groups attached to an aromatic ring is 2. The molecule has 0 bridgehead atoms. The van der Waals surface area contributed by atoms with Crippen LogP contribution in [0.25, 0.3) is 0 Å². The molecule has 0 fully saturated rings. The first kappa shape index (κ1) is 19.7. The molecular weight excluding hydrogens is 401 g/mol. The summed E-state index contributed by atoms with van der Waals surface area (Å²) in [5.74, 6) is 1.14. The molecule has 0 atom stereocenters. The van der Waals surface area contributed by atoms with Crippen molar-refractivity contribution >= 4 is 40.4 Å². The van der Waals surface area contributed by atoms with E-state index in [0.29, 0.717) is 43.9 Å². The molecule has 1 aromatic carbocycles. The predicted molar refractivity (Wildman–Crippen MR) is 111 cm³/mol. The van der Waals surface area contributed by atoms with Gasteiger partial charge in [0, 0.05) is 41.0 Å². The number of benzene rings is 1. The fourth-order valence-electron chi connectivity index (χ4n) is 2.48. The Labute approximate surface area is 171 Å². The van der Waals surface area contributed by atoms with Crippen LogP contribution in [0.4, 0.5) is 11.5 Å². The lowest BCUT2D eigenvalue weighted by Crippen LogP contribution is -2.08. The fraction of sp³-hybridized carbons (Fsp3) is 0.105. The largest absolute Gasteiger partial charge is 0.493 e. The van der Waals surface area contributed by atoms with Crippen LogP contribution in [0.3, 0.4) is 0 Å². The molecule has 3 aromatic rings. The van der Waals surface area contributed by atoms with Crippen molar-refractivity contribution in [2.75, 3.05) is 18.6 Å². The molecule has 2 aromatic heterocycles. The fourth-order valence-corrected chi connectivity index (χ4v) is 2.96. The van der Waals surface area contributed by atoms with Gasteiger partial charge in [0.15, 0.2) is 11.6 Å². The molecule has 144 valence electrons. The summed E-state index contributed by atoms with van der Waals surface area (Å²) < 4.78 is 11.0. The van der Waals surface area contributed by atoms with Gasteiger partial charge >= 0.3 is 0 Å². The smallest absolute Gasteiger partial charge is 0.166 e. The van der Waals surface area contributed by atoms with Crippen LogP contribution in [-0.4, -0.2) is 22.8 Å². The molecule has 3 rings (SSSR count). The number of hydrogen-bond acceptors (Lipinski definition) is 7. The monoisotopic (exact) mass is 417 g/mol. The van der Waals surface area contributed by atoms with Crippen LogP contribution in [0, 0.1) is 5.41 Å². The van der Waals surface area contributed by atoms with Crippen molar-refractivity contribution in [3.63, 3.8) is 0 Å². The van der Waals surface area contributed by atoms with Gasteiger partial charge in [0.05, 0.1) is 22.9 Å². The molecule has 5 N–H and O–H groups in total. The summed E-state index contributed by atoms with van der Waals surface area (Å²) in [6.45, 7) is 0.147. The van der Waals surface area contributed by atoms with Crippen LogP contribution in [-0.2, 0) is 6.61 Å². The molecule has 28 heavy (non-hydrogen) atoms. The minimum absolute atomic E-state index is 0.147. The molecule has 0 amide bonds. The van der Waals surface area contributed by atoms with Crippen LogP contribution in [0.1, 0.15) is 16.7 Å². The lowest BCUT2D eigenvalue weighted by atomic mass is 10.0. The van der Waals surface area contributed by atoms with Crippen LogP contribution in [0.15, 0.2) is 42.9 Å². The maximum absolute atomic E-state index is 8.49. The van der Waals surface area contributed by atoms with Gasteiger partial charge in [-0.3, -0.25) is 10.4 Å². The number of nitrogens with zero attached hydrogens (tertiary/aromatic N) is 2. The number of aromatic nitrogens is 2. The van der Waals surface area contributed by atoms with Crippen LogP contribution < -0.4 is 20.9 Å². The van der Waals surface area contributed by atoms with Gasteiger partial charge in [-0.15, -0.1) is 0 Å². The van der Waals surface area contributed by atoms with Gasteiger partial charge in [0.1, 0.15) is 12.4 Å². The first-order valence-electron chi connectivity index (χ1n) is 8.09. The van der Waals surface area contributed by atoms with Gasteiger partial charge < -0.3 is 20.9 Å². The topological polar surface area (TPSA) is 120 Å². The summed E-state index contributed by atoms with van der Waals surface area (Å²) in [5, 5.41) is 9.32. The Morgan fingerprint density at radius 2 is 1.82 bits per heavy atom. The zero-order chi connectivity index (χ0) is 20.3. The highest BCUT2D eigenvalue weighted by Gasteiger charge is 2.14. The van der Waals surface area contributed by atoms with E-state index < -0.39 is 0 Å². The average molecular weight is 418 g/mol. The minimum Gasteiger partial charge on any atom is -0.493 e. The quantitative estimate of drug-likeness (QED) is 0.412. The van der Waals surface area contributed by atoms with E-state index in [2.05, 4.69) is 9.97 Å². The molecule has 0 aliphatic heterocycles. The van der Waals surface area contributed by atoms with E-state index in [0.717, 1.165) is 0 Å². The van der Waals surface area contributed by atoms with Crippen LogP contribution >= 0.6 is 23.2 Å². The number of nitrogens with two attached hydrogens (primary N) is 2. The van der Waals surface area contributed by atoms with Crippen molar-refractivity contribution in [2.24, 2.45) is 0 Å². The third kappa shape index (κ3) is 4.11. The first-order valence-corrected chi connectivity index (χ1v) is 8.85. The minimum atomic E-state index is 0.147. The van der Waals surface area contributed by atoms with Crippen molar-refractivity contribution in [1.82, 2.24) is 9.97 Å². The Morgan fingerprint density at radius 3 is 2.50 bits per heavy atom. The van der Waals surface area contributed by atoms with Crippen LogP contribution in [0.5, 0.6) is 11.5 Å². The first-order chi connectivity index (χ1) is 13.4. The maximum Gasteiger partial charge on any atom is 0.166 e. The third-order valence-corrected chi connectivity index (χ3v) is 4.67. The Morgan fingerprint density at radius 1 is 1.11 bits per heavy atom. The van der Waals surface area contributed by atoms with Crippen molar-refractivity contribution < 1.29 is 9.47 Å². The second kappa shape index (κ2) is 8.33. The molecule has 7 nitrogen and oxygen atoms in total. The van der Waals surface area contributed by atoms with Crippen LogP contribution in [0.2, 0.25) is 10.0 Å². The number of rotatable bonds is 6. The van der Waals surface area contributed by atoms with E-state index in [1.54, 1.807) is 24.3 Å². The molecule has 0 aliphatic rings. The summed E-state index contributed by atoms with van der Waals surface area (Å²) >= 11 is 12.2. The summed E-state index contributed by atoms with van der Waals surface area (Å²) in [6, 6.07) is 6.67. The van der Waals surface area contributed by atoms with Gasteiger partial charge in [-0.25, -0.2) is 4.98 Å². The van der Waals surface area contributed by atoms with E-state index in [1.165, 1.54) is 25.7 Å². The van der Waals surface area contributed by atoms with Gasteiger partial charge in [-0.05, 0) is 24.3 Å². The number of methoxy groups -OCH3 is 1. The summed E-state index contributed by atoms with van der Waals surface area (Å²) in [6.07, 6.45) is 4.49. The number of nitrogens with one attached hydrogen (secondary N) is 1. The molecule has 9 heteroatoms. The molecular formula is C19H17Cl2N5O2. The number of anilines is 2. The second-order valence-electron chi connectivity index (χ2n) is 5.81. The highest BCUT2D eigenvalue weighted by molar-refractivity contribution is 6.35. The zero-order valence-electron chi connectivity index (χ0n) is 14.9. The molecule has 0 aliphatic carbocycles. The summed E-state index contributed by atoms with van der Waals surface area (Å²) in [4.78, 5) is 7.96. The number of ether oxygens (including phenoxy) is 2. The number of halogens is 2. The van der Waals surface area contributed by atoms with Gasteiger partial charge in [0.25, 0.3) is 0 Å². The van der Waals surface area contributed by atoms with E-state index in [9.17, 15) is 0 Å². The Balaban J connectivity index is 1.86. The van der Waals surface area contributed by atoms with E-state index in [-0.39, 0.29) is 18.1 Å². The molecule has 0 spiro atoms. The standard InChI is InChI=1S/C19H17Cl2N5O2/c1-27-17-4-10(6-26-19(17)24)18(23)12-5-11(2-3-16(12)22)28-9-13-14(20)7-25-8-15(13)21/h2-8,23H,9,22H2,1H3,(H2,24,26). The predicted octanol–water partition coefficient (Wildman–Crippen LogP) is 3.95. The maximum atomic E-state index is 8.49.